The quantitative estimate of drug-likeness (QED) is 0.698. The molecule has 0 aromatic carbocycles. The van der Waals surface area contributed by atoms with Crippen LogP contribution in [0, 0.1) is 11.3 Å². The van der Waals surface area contributed by atoms with Crippen LogP contribution in [0.2, 0.25) is 0 Å². The number of halogens is 3. The summed E-state index contributed by atoms with van der Waals surface area (Å²) < 4.78 is 18.1. The highest BCUT2D eigenvalue weighted by Gasteiger charge is 2.37. The molecule has 0 aromatic rings. The molecule has 0 aromatic heterocycles. The molecule has 0 aliphatic carbocycles. The monoisotopic (exact) mass is 312 g/mol. The minimum atomic E-state index is -1.12. The first kappa shape index (κ1) is 18.3. The van der Waals surface area contributed by atoms with Crippen molar-refractivity contribution in [1.82, 2.24) is 4.90 Å². The summed E-state index contributed by atoms with van der Waals surface area (Å²) in [5, 5.41) is 8.74. The zero-order valence-corrected chi connectivity index (χ0v) is 12.8. The molecule has 0 N–H and O–H groups in total. The second kappa shape index (κ2) is 8.44. The van der Waals surface area contributed by atoms with E-state index in [1.165, 1.54) is 0 Å². The molecule has 2 atom stereocenters. The van der Waals surface area contributed by atoms with Gasteiger partial charge in [0, 0.05) is 18.2 Å². The second-order valence-corrected chi connectivity index (χ2v) is 5.74. The van der Waals surface area contributed by atoms with Crippen LogP contribution in [0.3, 0.4) is 0 Å². The SMILES string of the molecule is CC(C)(C)OC(=O)N1C[C@@H](F)C[C@H]1C#N.ClCCCl. The molecule has 0 saturated carbocycles. The number of likely N-dealkylation sites (tertiary alicyclic amines) is 1. The molecule has 1 amide bonds. The van der Waals surface area contributed by atoms with Crippen molar-refractivity contribution >= 4 is 29.3 Å². The summed E-state index contributed by atoms with van der Waals surface area (Å²) in [7, 11) is 0. The maximum atomic E-state index is 13.0. The van der Waals surface area contributed by atoms with E-state index in [1.54, 1.807) is 20.8 Å². The van der Waals surface area contributed by atoms with E-state index < -0.39 is 23.9 Å². The van der Waals surface area contributed by atoms with E-state index >= 15 is 0 Å². The van der Waals surface area contributed by atoms with Crippen molar-refractivity contribution in [3.8, 4) is 6.07 Å². The second-order valence-electron chi connectivity index (χ2n) is 4.99. The Hall–Kier alpha value is -0.730. The maximum Gasteiger partial charge on any atom is 0.411 e. The Morgan fingerprint density at radius 1 is 1.47 bits per heavy atom. The van der Waals surface area contributed by atoms with Gasteiger partial charge < -0.3 is 4.74 Å². The van der Waals surface area contributed by atoms with Crippen LogP contribution in [0.4, 0.5) is 9.18 Å². The maximum absolute atomic E-state index is 13.0. The molecule has 110 valence electrons. The topological polar surface area (TPSA) is 53.3 Å². The van der Waals surface area contributed by atoms with Crippen LogP contribution in [0.15, 0.2) is 0 Å². The number of carbonyl (C=O) groups excluding carboxylic acids is 1. The first-order chi connectivity index (χ1) is 8.75. The number of hydrogen-bond donors (Lipinski definition) is 0. The molecule has 7 heteroatoms. The molecule has 1 fully saturated rings. The van der Waals surface area contributed by atoms with Gasteiger partial charge in [0.1, 0.15) is 17.8 Å². The highest BCUT2D eigenvalue weighted by Crippen LogP contribution is 2.22. The Morgan fingerprint density at radius 2 is 2.00 bits per heavy atom. The largest absolute Gasteiger partial charge is 0.444 e. The van der Waals surface area contributed by atoms with Crippen molar-refractivity contribution < 1.29 is 13.9 Å². The van der Waals surface area contributed by atoms with Crippen molar-refractivity contribution in [2.45, 2.75) is 45.0 Å². The standard InChI is InChI=1S/C10H15FN2O2.C2H4Cl2/c1-10(2,3)15-9(14)13-6-7(11)4-8(13)5-12;3-1-2-4/h7-8H,4,6H2,1-3H3;1-2H2/t7-,8-;/m0./s1. The van der Waals surface area contributed by atoms with Gasteiger partial charge in [0.05, 0.1) is 12.6 Å². The van der Waals surface area contributed by atoms with E-state index in [1.807, 2.05) is 6.07 Å². The zero-order valence-electron chi connectivity index (χ0n) is 11.3. The Balaban J connectivity index is 0.000000711. The lowest BCUT2D eigenvalue weighted by Crippen LogP contribution is -2.39. The average Bonchev–Trinajstić information content (AvgIpc) is 2.69. The number of rotatable bonds is 1. The summed E-state index contributed by atoms with van der Waals surface area (Å²) in [6.07, 6.45) is -1.66. The van der Waals surface area contributed by atoms with E-state index in [0.717, 1.165) is 4.90 Å². The molecular weight excluding hydrogens is 294 g/mol. The first-order valence-electron chi connectivity index (χ1n) is 5.90. The number of nitrogens with zero attached hydrogens (tertiary/aromatic N) is 2. The number of amides is 1. The summed E-state index contributed by atoms with van der Waals surface area (Å²) in [4.78, 5) is 12.7. The minimum absolute atomic E-state index is 0.0485. The van der Waals surface area contributed by atoms with Crippen molar-refractivity contribution in [1.29, 1.82) is 5.26 Å². The molecule has 1 aliphatic rings. The van der Waals surface area contributed by atoms with Crippen molar-refractivity contribution in [2.75, 3.05) is 18.3 Å². The smallest absolute Gasteiger partial charge is 0.411 e. The number of hydrogen-bond acceptors (Lipinski definition) is 3. The predicted molar refractivity (Wildman–Crippen MR) is 73.3 cm³/mol. The van der Waals surface area contributed by atoms with Crippen LogP contribution in [0.25, 0.3) is 0 Å². The van der Waals surface area contributed by atoms with Gasteiger partial charge in [-0.3, -0.25) is 4.90 Å². The molecule has 1 heterocycles. The Morgan fingerprint density at radius 3 is 2.37 bits per heavy atom. The van der Waals surface area contributed by atoms with Gasteiger partial charge in [-0.25, -0.2) is 9.18 Å². The van der Waals surface area contributed by atoms with Gasteiger partial charge in [-0.1, -0.05) is 0 Å². The first-order valence-corrected chi connectivity index (χ1v) is 6.97. The Kier molecular flexibility index (Phi) is 8.12. The summed E-state index contributed by atoms with van der Waals surface area (Å²) in [5.74, 6) is 1.11. The van der Waals surface area contributed by atoms with Crippen LogP contribution in [0.5, 0.6) is 0 Å². The third kappa shape index (κ3) is 7.44. The van der Waals surface area contributed by atoms with E-state index in [-0.39, 0.29) is 13.0 Å². The lowest BCUT2D eigenvalue weighted by atomic mass is 10.2. The Labute approximate surface area is 123 Å². The number of carbonyl (C=O) groups is 1. The van der Waals surface area contributed by atoms with Crippen LogP contribution < -0.4 is 0 Å². The van der Waals surface area contributed by atoms with Crippen LogP contribution >= 0.6 is 23.2 Å². The van der Waals surface area contributed by atoms with Gasteiger partial charge in [0.25, 0.3) is 0 Å². The molecule has 1 rings (SSSR count). The van der Waals surface area contributed by atoms with Gasteiger partial charge in [0.2, 0.25) is 0 Å². The van der Waals surface area contributed by atoms with E-state index in [0.29, 0.717) is 11.8 Å². The molecule has 19 heavy (non-hydrogen) atoms. The average molecular weight is 313 g/mol. The van der Waals surface area contributed by atoms with Crippen molar-refractivity contribution in [3.63, 3.8) is 0 Å². The summed E-state index contributed by atoms with van der Waals surface area (Å²) in [6.45, 7) is 5.15. The molecule has 0 bridgehead atoms. The number of alkyl halides is 3. The van der Waals surface area contributed by atoms with Crippen molar-refractivity contribution in [2.24, 2.45) is 0 Å². The molecular formula is C12H19Cl2FN2O2. The molecule has 1 saturated heterocycles. The van der Waals surface area contributed by atoms with E-state index in [9.17, 15) is 9.18 Å². The number of ether oxygens (including phenoxy) is 1. The zero-order chi connectivity index (χ0) is 15.1. The molecule has 4 nitrogen and oxygen atoms in total. The van der Waals surface area contributed by atoms with Gasteiger partial charge in [-0.2, -0.15) is 5.26 Å². The lowest BCUT2D eigenvalue weighted by Gasteiger charge is -2.25. The fourth-order valence-electron chi connectivity index (χ4n) is 1.43. The van der Waals surface area contributed by atoms with E-state index in [4.69, 9.17) is 33.2 Å². The Bertz CT molecular complexity index is 327. The fourth-order valence-corrected chi connectivity index (χ4v) is 1.43. The predicted octanol–water partition coefficient (Wildman–Crippen LogP) is 3.32. The van der Waals surface area contributed by atoms with Gasteiger partial charge in [0.15, 0.2) is 0 Å². The minimum Gasteiger partial charge on any atom is -0.444 e. The van der Waals surface area contributed by atoms with E-state index in [2.05, 4.69) is 0 Å². The van der Waals surface area contributed by atoms with Crippen molar-refractivity contribution in [3.05, 3.63) is 0 Å². The molecule has 0 radical (unpaired) electrons. The van der Waals surface area contributed by atoms with Crippen LogP contribution in [0.1, 0.15) is 27.2 Å². The van der Waals surface area contributed by atoms with Crippen LogP contribution in [-0.2, 0) is 4.74 Å². The van der Waals surface area contributed by atoms with Gasteiger partial charge >= 0.3 is 6.09 Å². The lowest BCUT2D eigenvalue weighted by molar-refractivity contribution is 0.0250. The molecule has 0 spiro atoms. The van der Waals surface area contributed by atoms with Crippen LogP contribution in [-0.4, -0.2) is 47.1 Å². The summed E-state index contributed by atoms with van der Waals surface area (Å²) in [5.41, 5.74) is -0.620. The third-order valence-corrected chi connectivity index (χ3v) is 2.67. The third-order valence-electron chi connectivity index (χ3n) is 2.10. The number of nitriles is 1. The summed E-state index contributed by atoms with van der Waals surface area (Å²) >= 11 is 10.1. The normalized spacial score (nSPS) is 22.3. The molecule has 0 unspecified atom stereocenters. The highest BCUT2D eigenvalue weighted by molar-refractivity contribution is 6.25. The fraction of sp³-hybridized carbons (Fsp3) is 0.833. The summed E-state index contributed by atoms with van der Waals surface area (Å²) in [6, 6.07) is 1.20. The van der Waals surface area contributed by atoms with Gasteiger partial charge in [-0.15, -0.1) is 23.2 Å². The molecule has 1 aliphatic heterocycles. The van der Waals surface area contributed by atoms with Gasteiger partial charge in [-0.05, 0) is 20.8 Å². The highest BCUT2D eigenvalue weighted by atomic mass is 35.5.